The van der Waals surface area contributed by atoms with Crippen LogP contribution in [0.3, 0.4) is 0 Å². The molecule has 0 aliphatic carbocycles. The van der Waals surface area contributed by atoms with E-state index in [1.807, 2.05) is 0 Å². The van der Waals surface area contributed by atoms with Crippen LogP contribution in [0.4, 0.5) is 0 Å². The van der Waals surface area contributed by atoms with Crippen LogP contribution in [0.25, 0.3) is 0 Å². The first kappa shape index (κ1) is 11.7. The molecule has 1 fully saturated rings. The van der Waals surface area contributed by atoms with Gasteiger partial charge in [0.25, 0.3) is 0 Å². The highest BCUT2D eigenvalue weighted by Gasteiger charge is 2.15. The first-order valence-electron chi connectivity index (χ1n) is 5.47. The maximum Gasteiger partial charge on any atom is 0.181 e. The average Bonchev–Trinajstić information content (AvgIpc) is 2.73. The zero-order valence-electron chi connectivity index (χ0n) is 9.78. The van der Waals surface area contributed by atoms with Crippen molar-refractivity contribution in [1.29, 1.82) is 0 Å². The molecule has 0 atom stereocenters. The summed E-state index contributed by atoms with van der Waals surface area (Å²) in [6.45, 7) is 5.29. The van der Waals surface area contributed by atoms with Gasteiger partial charge in [-0.3, -0.25) is 4.90 Å². The molecule has 0 spiro atoms. The van der Waals surface area contributed by atoms with Crippen LogP contribution in [0.2, 0.25) is 0 Å². The third kappa shape index (κ3) is 2.66. The molecule has 2 rings (SSSR count). The highest BCUT2D eigenvalue weighted by atomic mass is 32.1. The van der Waals surface area contributed by atoms with E-state index in [0.717, 1.165) is 42.9 Å². The van der Waals surface area contributed by atoms with E-state index in [0.29, 0.717) is 0 Å². The van der Waals surface area contributed by atoms with Gasteiger partial charge in [0.15, 0.2) is 10.1 Å². The molecule has 1 aliphatic rings. The number of hydrogen-bond donors (Lipinski definition) is 1. The van der Waals surface area contributed by atoms with Crippen LogP contribution in [0.1, 0.15) is 5.56 Å². The number of ether oxygens (including phenoxy) is 2. The van der Waals surface area contributed by atoms with Gasteiger partial charge in [0.1, 0.15) is 0 Å². The van der Waals surface area contributed by atoms with Gasteiger partial charge >= 0.3 is 0 Å². The summed E-state index contributed by atoms with van der Waals surface area (Å²) < 4.78 is 10.6. The smallest absolute Gasteiger partial charge is 0.181 e. The summed E-state index contributed by atoms with van der Waals surface area (Å²) in [4.78, 5) is 2.43. The monoisotopic (exact) mass is 242 g/mol. The predicted octanol–water partition coefficient (Wildman–Crippen LogP) is 1.17. The van der Waals surface area contributed by atoms with Gasteiger partial charge in [0.2, 0.25) is 0 Å². The summed E-state index contributed by atoms with van der Waals surface area (Å²) in [5, 5.41) is 5.24. The molecule has 5 heteroatoms. The largest absolute Gasteiger partial charge is 0.487 e. The fourth-order valence-electron chi connectivity index (χ4n) is 1.88. The number of methoxy groups -OCH3 is 2. The summed E-state index contributed by atoms with van der Waals surface area (Å²) in [5.41, 5.74) is 1.23. The Morgan fingerprint density at radius 3 is 2.69 bits per heavy atom. The van der Waals surface area contributed by atoms with Crippen LogP contribution in [-0.2, 0) is 6.54 Å². The van der Waals surface area contributed by atoms with Crippen molar-refractivity contribution < 1.29 is 9.47 Å². The maximum absolute atomic E-state index is 5.37. The van der Waals surface area contributed by atoms with Crippen LogP contribution < -0.4 is 14.8 Å². The van der Waals surface area contributed by atoms with Gasteiger partial charge in [-0.05, 0) is 0 Å². The van der Waals surface area contributed by atoms with Crippen molar-refractivity contribution in [3.05, 3.63) is 11.6 Å². The van der Waals surface area contributed by atoms with E-state index in [1.54, 1.807) is 25.6 Å². The lowest BCUT2D eigenvalue weighted by molar-refractivity contribution is 0.230. The Kier molecular flexibility index (Phi) is 4.04. The minimum absolute atomic E-state index is 0.919. The number of piperazine rings is 1. The van der Waals surface area contributed by atoms with Gasteiger partial charge < -0.3 is 14.8 Å². The summed E-state index contributed by atoms with van der Waals surface area (Å²) in [5.74, 6) is 0. The zero-order valence-corrected chi connectivity index (χ0v) is 10.6. The lowest BCUT2D eigenvalue weighted by Gasteiger charge is -2.26. The highest BCUT2D eigenvalue weighted by Crippen LogP contribution is 2.36. The molecule has 1 saturated heterocycles. The standard InChI is InChI=1S/C11H18N2O2S/c1-14-10-7-9(11(15-2)16-10)8-13-5-3-12-4-6-13/h7,12H,3-6,8H2,1-2H3. The van der Waals surface area contributed by atoms with Gasteiger partial charge in [-0.15, -0.1) is 0 Å². The Hall–Kier alpha value is -0.780. The second-order valence-corrected chi connectivity index (χ2v) is 4.79. The molecule has 0 bridgehead atoms. The molecule has 0 amide bonds. The third-order valence-electron chi connectivity index (χ3n) is 2.74. The summed E-state index contributed by atoms with van der Waals surface area (Å²) in [7, 11) is 3.41. The molecule has 0 unspecified atom stereocenters. The molecule has 90 valence electrons. The Labute approximate surface area is 100 Å². The zero-order chi connectivity index (χ0) is 11.4. The Morgan fingerprint density at radius 1 is 1.31 bits per heavy atom. The molecule has 1 N–H and O–H groups in total. The molecular formula is C11H18N2O2S. The van der Waals surface area contributed by atoms with Crippen molar-refractivity contribution in [2.24, 2.45) is 0 Å². The molecule has 4 nitrogen and oxygen atoms in total. The molecule has 1 aromatic rings. The van der Waals surface area contributed by atoms with E-state index < -0.39 is 0 Å². The highest BCUT2D eigenvalue weighted by molar-refractivity contribution is 7.15. The van der Waals surface area contributed by atoms with Gasteiger partial charge in [0.05, 0.1) is 14.2 Å². The lowest BCUT2D eigenvalue weighted by atomic mass is 10.2. The number of nitrogens with zero attached hydrogens (tertiary/aromatic N) is 1. The van der Waals surface area contributed by atoms with E-state index in [4.69, 9.17) is 9.47 Å². The molecular weight excluding hydrogens is 224 g/mol. The van der Waals surface area contributed by atoms with Crippen molar-refractivity contribution in [2.75, 3.05) is 40.4 Å². The van der Waals surface area contributed by atoms with E-state index in [2.05, 4.69) is 16.3 Å². The van der Waals surface area contributed by atoms with Gasteiger partial charge in [-0.1, -0.05) is 11.3 Å². The fourth-order valence-corrected chi connectivity index (χ4v) is 2.69. The molecule has 0 saturated carbocycles. The first-order chi connectivity index (χ1) is 7.83. The quantitative estimate of drug-likeness (QED) is 0.859. The van der Waals surface area contributed by atoms with Gasteiger partial charge in [-0.25, -0.2) is 0 Å². The van der Waals surface area contributed by atoms with Crippen molar-refractivity contribution in [2.45, 2.75) is 6.54 Å². The predicted molar refractivity (Wildman–Crippen MR) is 65.6 cm³/mol. The SMILES string of the molecule is COc1cc(CN2CCNCC2)c(OC)s1. The topological polar surface area (TPSA) is 33.7 Å². The van der Waals surface area contributed by atoms with E-state index in [-0.39, 0.29) is 0 Å². The normalized spacial score (nSPS) is 17.4. The first-order valence-corrected chi connectivity index (χ1v) is 6.29. The minimum atomic E-state index is 0.919. The summed E-state index contributed by atoms with van der Waals surface area (Å²) in [6.07, 6.45) is 0. The van der Waals surface area contributed by atoms with Crippen LogP contribution in [0.15, 0.2) is 6.07 Å². The molecule has 0 aromatic carbocycles. The van der Waals surface area contributed by atoms with Gasteiger partial charge in [0, 0.05) is 44.4 Å². The van der Waals surface area contributed by atoms with Gasteiger partial charge in [-0.2, -0.15) is 0 Å². The van der Waals surface area contributed by atoms with Crippen molar-refractivity contribution in [3.63, 3.8) is 0 Å². The van der Waals surface area contributed by atoms with Crippen molar-refractivity contribution in [3.8, 4) is 10.1 Å². The molecule has 1 aromatic heterocycles. The van der Waals surface area contributed by atoms with Crippen molar-refractivity contribution in [1.82, 2.24) is 10.2 Å². The van der Waals surface area contributed by atoms with E-state index >= 15 is 0 Å². The molecule has 2 heterocycles. The number of hydrogen-bond acceptors (Lipinski definition) is 5. The Bertz CT molecular complexity index is 335. The molecule has 0 radical (unpaired) electrons. The second kappa shape index (κ2) is 5.52. The second-order valence-electron chi connectivity index (χ2n) is 3.81. The van der Waals surface area contributed by atoms with Crippen molar-refractivity contribution >= 4 is 11.3 Å². The summed E-state index contributed by atoms with van der Waals surface area (Å²) >= 11 is 1.56. The van der Waals surface area contributed by atoms with E-state index in [9.17, 15) is 0 Å². The maximum atomic E-state index is 5.37. The molecule has 1 aliphatic heterocycles. The van der Waals surface area contributed by atoms with Crippen LogP contribution >= 0.6 is 11.3 Å². The number of rotatable bonds is 4. The van der Waals surface area contributed by atoms with Crippen LogP contribution in [0, 0.1) is 0 Å². The number of nitrogens with one attached hydrogen (secondary N) is 1. The Morgan fingerprint density at radius 2 is 2.06 bits per heavy atom. The average molecular weight is 242 g/mol. The fraction of sp³-hybridized carbons (Fsp3) is 0.636. The minimum Gasteiger partial charge on any atom is -0.487 e. The van der Waals surface area contributed by atoms with E-state index in [1.165, 1.54) is 5.56 Å². The lowest BCUT2D eigenvalue weighted by Crippen LogP contribution is -2.42. The molecule has 16 heavy (non-hydrogen) atoms. The van der Waals surface area contributed by atoms with Crippen LogP contribution in [0.5, 0.6) is 10.1 Å². The summed E-state index contributed by atoms with van der Waals surface area (Å²) in [6, 6.07) is 2.07. The third-order valence-corrected chi connectivity index (χ3v) is 3.84. The van der Waals surface area contributed by atoms with Crippen LogP contribution in [-0.4, -0.2) is 45.3 Å². The number of thiophene rings is 1. The Balaban J connectivity index is 2.03.